The first kappa shape index (κ1) is 11.5. The Labute approximate surface area is 99.8 Å². The third-order valence-electron chi connectivity index (χ3n) is 2.93. The van der Waals surface area contributed by atoms with Crippen LogP contribution in [-0.4, -0.2) is 22.7 Å². The van der Waals surface area contributed by atoms with Gasteiger partial charge in [-0.15, -0.1) is 0 Å². The molecule has 0 amide bonds. The predicted molar refractivity (Wildman–Crippen MR) is 65.5 cm³/mol. The minimum absolute atomic E-state index is 0.137. The van der Waals surface area contributed by atoms with Crippen LogP contribution in [0.1, 0.15) is 19.3 Å². The van der Waals surface area contributed by atoms with Gasteiger partial charge in [0.25, 0.3) is 0 Å². The Balaban J connectivity index is 1.89. The fraction of sp³-hybridized carbons (Fsp3) is 0.545. The van der Waals surface area contributed by atoms with Gasteiger partial charge in [-0.25, -0.2) is 4.98 Å². The number of nitrogens with zero attached hydrogens (tertiary/aromatic N) is 1. The first-order valence-corrected chi connectivity index (χ1v) is 5.86. The number of nitrogens with one attached hydrogen (secondary N) is 1. The van der Waals surface area contributed by atoms with Crippen LogP contribution < -0.4 is 11.1 Å². The van der Waals surface area contributed by atoms with Crippen molar-refractivity contribution in [3.8, 4) is 0 Å². The van der Waals surface area contributed by atoms with Crippen LogP contribution in [0.25, 0.3) is 0 Å². The highest BCUT2D eigenvalue weighted by atomic mass is 35.5. The predicted octanol–water partition coefficient (Wildman–Crippen LogP) is 1.89. The minimum Gasteiger partial charge on any atom is -0.397 e. The summed E-state index contributed by atoms with van der Waals surface area (Å²) >= 11 is 5.99. The van der Waals surface area contributed by atoms with Crippen molar-refractivity contribution < 1.29 is 5.11 Å². The van der Waals surface area contributed by atoms with Crippen molar-refractivity contribution in [1.29, 1.82) is 0 Å². The van der Waals surface area contributed by atoms with Crippen LogP contribution in [0, 0.1) is 5.92 Å². The summed E-state index contributed by atoms with van der Waals surface area (Å²) in [5.74, 6) is 1.17. The zero-order valence-electron chi connectivity index (χ0n) is 8.99. The van der Waals surface area contributed by atoms with Gasteiger partial charge in [0.15, 0.2) is 0 Å². The van der Waals surface area contributed by atoms with Gasteiger partial charge in [0.2, 0.25) is 0 Å². The van der Waals surface area contributed by atoms with Gasteiger partial charge in [-0.1, -0.05) is 11.6 Å². The number of hydrogen-bond acceptors (Lipinski definition) is 4. The van der Waals surface area contributed by atoms with Crippen molar-refractivity contribution in [2.24, 2.45) is 5.92 Å². The first-order chi connectivity index (χ1) is 7.65. The fourth-order valence-corrected chi connectivity index (χ4v) is 2.30. The van der Waals surface area contributed by atoms with E-state index in [0.29, 0.717) is 22.4 Å². The van der Waals surface area contributed by atoms with Gasteiger partial charge in [-0.2, -0.15) is 0 Å². The number of pyridine rings is 1. The van der Waals surface area contributed by atoms with Gasteiger partial charge in [0.1, 0.15) is 5.82 Å². The molecule has 0 aliphatic heterocycles. The number of anilines is 2. The Hall–Kier alpha value is -1.00. The third-order valence-corrected chi connectivity index (χ3v) is 3.22. The monoisotopic (exact) mass is 241 g/mol. The Morgan fingerprint density at radius 2 is 2.38 bits per heavy atom. The maximum absolute atomic E-state index is 9.40. The van der Waals surface area contributed by atoms with Gasteiger partial charge in [0, 0.05) is 6.54 Å². The first-order valence-electron chi connectivity index (χ1n) is 5.48. The van der Waals surface area contributed by atoms with E-state index in [4.69, 9.17) is 17.3 Å². The summed E-state index contributed by atoms with van der Waals surface area (Å²) in [4.78, 5) is 4.13. The lowest BCUT2D eigenvalue weighted by Gasteiger charge is -2.12. The van der Waals surface area contributed by atoms with Gasteiger partial charge >= 0.3 is 0 Å². The van der Waals surface area contributed by atoms with Gasteiger partial charge in [0.05, 0.1) is 23.0 Å². The van der Waals surface area contributed by atoms with Crippen molar-refractivity contribution >= 4 is 23.1 Å². The van der Waals surface area contributed by atoms with Crippen LogP contribution in [0.3, 0.4) is 0 Å². The molecule has 1 aromatic heterocycles. The topological polar surface area (TPSA) is 71.2 Å². The van der Waals surface area contributed by atoms with Crippen LogP contribution >= 0.6 is 11.6 Å². The second-order valence-corrected chi connectivity index (χ2v) is 4.72. The second-order valence-electron chi connectivity index (χ2n) is 4.31. The number of nitrogen functional groups attached to an aromatic ring is 1. The molecule has 2 unspecified atom stereocenters. The molecule has 1 saturated carbocycles. The quantitative estimate of drug-likeness (QED) is 0.756. The molecule has 4 N–H and O–H groups in total. The molecule has 16 heavy (non-hydrogen) atoms. The van der Waals surface area contributed by atoms with Crippen molar-refractivity contribution in [1.82, 2.24) is 4.98 Å². The van der Waals surface area contributed by atoms with Crippen molar-refractivity contribution in [2.75, 3.05) is 17.6 Å². The van der Waals surface area contributed by atoms with Crippen LogP contribution in [0.2, 0.25) is 5.02 Å². The summed E-state index contributed by atoms with van der Waals surface area (Å²) in [6.45, 7) is 0.799. The highest BCUT2D eigenvalue weighted by Crippen LogP contribution is 2.27. The molecule has 0 spiro atoms. The molecule has 1 aliphatic rings. The molecular weight excluding hydrogens is 226 g/mol. The molecule has 1 aromatic rings. The highest BCUT2D eigenvalue weighted by molar-refractivity contribution is 6.33. The number of aromatic nitrogens is 1. The third kappa shape index (κ3) is 2.77. The summed E-state index contributed by atoms with van der Waals surface area (Å²) < 4.78 is 0. The summed E-state index contributed by atoms with van der Waals surface area (Å²) in [5, 5.41) is 13.1. The average molecular weight is 242 g/mol. The van der Waals surface area contributed by atoms with Crippen molar-refractivity contribution in [3.63, 3.8) is 0 Å². The van der Waals surface area contributed by atoms with Crippen LogP contribution in [0.15, 0.2) is 12.3 Å². The molecule has 5 heteroatoms. The standard InChI is InChI=1S/C11H16ClN3O/c12-10-4-8(13)6-15-11(10)14-5-7-1-2-9(16)3-7/h4,6-7,9,16H,1-3,5,13H2,(H,14,15). The summed E-state index contributed by atoms with van der Waals surface area (Å²) in [7, 11) is 0. The number of aliphatic hydroxyl groups is 1. The van der Waals surface area contributed by atoms with Crippen molar-refractivity contribution in [2.45, 2.75) is 25.4 Å². The highest BCUT2D eigenvalue weighted by Gasteiger charge is 2.22. The zero-order valence-corrected chi connectivity index (χ0v) is 9.74. The zero-order chi connectivity index (χ0) is 11.5. The molecule has 1 fully saturated rings. The smallest absolute Gasteiger partial charge is 0.144 e. The van der Waals surface area contributed by atoms with E-state index < -0.39 is 0 Å². The molecule has 2 atom stereocenters. The lowest BCUT2D eigenvalue weighted by molar-refractivity contribution is 0.178. The van der Waals surface area contributed by atoms with E-state index in [9.17, 15) is 5.11 Å². The molecule has 88 valence electrons. The Kier molecular flexibility index (Phi) is 3.51. The molecule has 4 nitrogen and oxygen atoms in total. The molecule has 0 aromatic carbocycles. The Morgan fingerprint density at radius 1 is 1.56 bits per heavy atom. The largest absolute Gasteiger partial charge is 0.397 e. The van der Waals surface area contributed by atoms with E-state index in [1.807, 2.05) is 0 Å². The van der Waals surface area contributed by atoms with Crippen LogP contribution in [-0.2, 0) is 0 Å². The maximum atomic E-state index is 9.40. The maximum Gasteiger partial charge on any atom is 0.144 e. The molecule has 0 bridgehead atoms. The summed E-state index contributed by atoms with van der Waals surface area (Å²) in [5.41, 5.74) is 6.12. The molecular formula is C11H16ClN3O. The minimum atomic E-state index is -0.137. The SMILES string of the molecule is Nc1cnc(NCC2CCC(O)C2)c(Cl)c1. The molecule has 1 heterocycles. The number of hydrogen-bond donors (Lipinski definition) is 3. The number of nitrogens with two attached hydrogens (primary N) is 1. The fourth-order valence-electron chi connectivity index (χ4n) is 2.06. The average Bonchev–Trinajstić information content (AvgIpc) is 2.63. The van der Waals surface area contributed by atoms with Crippen LogP contribution in [0.5, 0.6) is 0 Å². The number of aliphatic hydroxyl groups excluding tert-OH is 1. The van der Waals surface area contributed by atoms with E-state index in [2.05, 4.69) is 10.3 Å². The Morgan fingerprint density at radius 3 is 3.00 bits per heavy atom. The van der Waals surface area contributed by atoms with Crippen LogP contribution in [0.4, 0.5) is 11.5 Å². The normalized spacial score (nSPS) is 24.6. The molecule has 1 aliphatic carbocycles. The molecule has 0 saturated heterocycles. The summed E-state index contributed by atoms with van der Waals surface area (Å²) in [6.07, 6.45) is 4.26. The van der Waals surface area contributed by atoms with E-state index in [1.54, 1.807) is 12.3 Å². The van der Waals surface area contributed by atoms with Crippen molar-refractivity contribution in [3.05, 3.63) is 17.3 Å². The van der Waals surface area contributed by atoms with E-state index in [1.165, 1.54) is 0 Å². The van der Waals surface area contributed by atoms with E-state index in [0.717, 1.165) is 25.8 Å². The number of halogens is 1. The molecule has 2 rings (SSSR count). The van der Waals surface area contributed by atoms with Gasteiger partial charge in [-0.3, -0.25) is 0 Å². The number of rotatable bonds is 3. The summed E-state index contributed by atoms with van der Waals surface area (Å²) in [6, 6.07) is 1.68. The lowest BCUT2D eigenvalue weighted by atomic mass is 10.1. The Bertz CT molecular complexity index is 372. The van der Waals surface area contributed by atoms with E-state index >= 15 is 0 Å². The lowest BCUT2D eigenvalue weighted by Crippen LogP contribution is -2.13. The van der Waals surface area contributed by atoms with Gasteiger partial charge in [-0.05, 0) is 31.2 Å². The van der Waals surface area contributed by atoms with E-state index in [-0.39, 0.29) is 6.10 Å². The van der Waals surface area contributed by atoms with Gasteiger partial charge < -0.3 is 16.2 Å². The molecule has 0 radical (unpaired) electrons. The second kappa shape index (κ2) is 4.89.